The predicted octanol–water partition coefficient (Wildman–Crippen LogP) is 0.788. The van der Waals surface area contributed by atoms with Gasteiger partial charge in [0.2, 0.25) is 5.91 Å². The molecule has 0 atom stereocenters. The molecule has 1 aromatic carbocycles. The second kappa shape index (κ2) is 7.67. The van der Waals surface area contributed by atoms with Crippen LogP contribution in [0.4, 0.5) is 0 Å². The summed E-state index contributed by atoms with van der Waals surface area (Å²) in [6, 6.07) is 5.61. The Kier molecular flexibility index (Phi) is 5.61. The van der Waals surface area contributed by atoms with Gasteiger partial charge in [0, 0.05) is 25.1 Å². The van der Waals surface area contributed by atoms with Gasteiger partial charge in [-0.15, -0.1) is 0 Å². The minimum Gasteiger partial charge on any atom is -0.497 e. The minimum atomic E-state index is -0.0154. The molecule has 1 aliphatic rings. The summed E-state index contributed by atoms with van der Waals surface area (Å²) in [7, 11) is 1.61. The molecule has 5 nitrogen and oxygen atoms in total. The Hall–Kier alpha value is -2.03. The molecule has 1 saturated heterocycles. The van der Waals surface area contributed by atoms with E-state index in [0.29, 0.717) is 26.1 Å². The van der Waals surface area contributed by atoms with Gasteiger partial charge in [0.25, 0.3) is 0 Å². The number of methoxy groups -OCH3 is 1. The van der Waals surface area contributed by atoms with Crippen LogP contribution in [0.3, 0.4) is 0 Å². The number of benzene rings is 1. The number of amides is 1. The van der Waals surface area contributed by atoms with Gasteiger partial charge >= 0.3 is 0 Å². The first kappa shape index (κ1) is 15.4. The Morgan fingerprint density at radius 2 is 2.33 bits per heavy atom. The Morgan fingerprint density at radius 1 is 1.48 bits per heavy atom. The van der Waals surface area contributed by atoms with Crippen molar-refractivity contribution in [3.05, 3.63) is 29.3 Å². The van der Waals surface area contributed by atoms with Crippen molar-refractivity contribution in [1.82, 2.24) is 4.90 Å². The van der Waals surface area contributed by atoms with Gasteiger partial charge in [0.15, 0.2) is 0 Å². The maximum absolute atomic E-state index is 11.8. The van der Waals surface area contributed by atoms with Crippen LogP contribution in [0.15, 0.2) is 18.2 Å². The number of rotatable bonds is 4. The number of morpholine rings is 1. The Morgan fingerprint density at radius 3 is 3.05 bits per heavy atom. The fraction of sp³-hybridized carbons (Fsp3) is 0.438. The summed E-state index contributed by atoms with van der Waals surface area (Å²) in [5.74, 6) is 6.66. The van der Waals surface area contributed by atoms with Crippen molar-refractivity contribution in [3.63, 3.8) is 0 Å². The molecule has 0 saturated carbocycles. The number of aliphatic hydroxyl groups excluding tert-OH is 1. The number of nitrogens with zero attached hydrogens (tertiary/aromatic N) is 1. The zero-order valence-electron chi connectivity index (χ0n) is 12.1. The van der Waals surface area contributed by atoms with Crippen molar-refractivity contribution in [2.45, 2.75) is 13.0 Å². The van der Waals surface area contributed by atoms with E-state index in [2.05, 4.69) is 11.8 Å². The molecule has 0 spiro atoms. The first-order valence-corrected chi connectivity index (χ1v) is 6.86. The summed E-state index contributed by atoms with van der Waals surface area (Å²) in [5, 5.41) is 8.80. The van der Waals surface area contributed by atoms with Crippen LogP contribution in [0.5, 0.6) is 5.75 Å². The van der Waals surface area contributed by atoms with Crippen LogP contribution in [-0.4, -0.2) is 49.4 Å². The lowest BCUT2D eigenvalue weighted by atomic mass is 10.1. The second-order valence-corrected chi connectivity index (χ2v) is 4.67. The SMILES string of the molecule is COc1ccc(C#CCCO)c(CN2CCOCC2=O)c1. The number of carbonyl (C=O) groups is 1. The Labute approximate surface area is 124 Å². The lowest BCUT2D eigenvalue weighted by Crippen LogP contribution is -2.41. The van der Waals surface area contributed by atoms with Crippen molar-refractivity contribution in [2.75, 3.05) is 33.5 Å². The molecule has 1 amide bonds. The van der Waals surface area contributed by atoms with Gasteiger partial charge in [-0.05, 0) is 23.8 Å². The van der Waals surface area contributed by atoms with Crippen LogP contribution in [0, 0.1) is 11.8 Å². The highest BCUT2D eigenvalue weighted by atomic mass is 16.5. The van der Waals surface area contributed by atoms with Crippen LogP contribution in [0.25, 0.3) is 0 Å². The van der Waals surface area contributed by atoms with E-state index in [4.69, 9.17) is 14.6 Å². The molecule has 1 aromatic rings. The van der Waals surface area contributed by atoms with Crippen LogP contribution in [0.1, 0.15) is 17.5 Å². The third-order valence-electron chi connectivity index (χ3n) is 3.22. The highest BCUT2D eigenvalue weighted by molar-refractivity contribution is 5.78. The average Bonchev–Trinajstić information content (AvgIpc) is 2.51. The molecule has 1 aliphatic heterocycles. The number of hydrogen-bond acceptors (Lipinski definition) is 4. The summed E-state index contributed by atoms with van der Waals surface area (Å²) < 4.78 is 10.4. The quantitative estimate of drug-likeness (QED) is 0.833. The third-order valence-corrected chi connectivity index (χ3v) is 3.22. The normalized spacial score (nSPS) is 14.6. The lowest BCUT2D eigenvalue weighted by Gasteiger charge is -2.27. The van der Waals surface area contributed by atoms with E-state index in [9.17, 15) is 4.79 Å². The van der Waals surface area contributed by atoms with Crippen molar-refractivity contribution in [3.8, 4) is 17.6 Å². The maximum atomic E-state index is 11.8. The van der Waals surface area contributed by atoms with E-state index in [-0.39, 0.29) is 19.1 Å². The van der Waals surface area contributed by atoms with Gasteiger partial charge in [0.05, 0.1) is 20.3 Å². The van der Waals surface area contributed by atoms with Gasteiger partial charge in [-0.3, -0.25) is 4.79 Å². The molecule has 2 rings (SSSR count). The summed E-state index contributed by atoms with van der Waals surface area (Å²) in [5.41, 5.74) is 1.79. The Balaban J connectivity index is 2.22. The lowest BCUT2D eigenvalue weighted by molar-refractivity contribution is -0.143. The van der Waals surface area contributed by atoms with Gasteiger partial charge in [-0.1, -0.05) is 11.8 Å². The first-order valence-electron chi connectivity index (χ1n) is 6.86. The largest absolute Gasteiger partial charge is 0.497 e. The number of carbonyl (C=O) groups excluding carboxylic acids is 1. The van der Waals surface area contributed by atoms with Crippen LogP contribution >= 0.6 is 0 Å². The summed E-state index contributed by atoms with van der Waals surface area (Å²) in [6.07, 6.45) is 0.432. The van der Waals surface area contributed by atoms with E-state index in [1.807, 2.05) is 18.2 Å². The van der Waals surface area contributed by atoms with Crippen LogP contribution < -0.4 is 4.74 Å². The molecule has 5 heteroatoms. The topological polar surface area (TPSA) is 59.0 Å². The molecular weight excluding hydrogens is 270 g/mol. The van der Waals surface area contributed by atoms with E-state index < -0.39 is 0 Å². The molecule has 1 heterocycles. The van der Waals surface area contributed by atoms with E-state index in [1.54, 1.807) is 12.0 Å². The van der Waals surface area contributed by atoms with Gasteiger partial charge in [-0.2, -0.15) is 0 Å². The molecule has 0 aromatic heterocycles. The van der Waals surface area contributed by atoms with Crippen molar-refractivity contribution in [1.29, 1.82) is 0 Å². The van der Waals surface area contributed by atoms with Crippen molar-refractivity contribution in [2.24, 2.45) is 0 Å². The van der Waals surface area contributed by atoms with Crippen molar-refractivity contribution >= 4 is 5.91 Å². The Bertz CT molecular complexity index is 559. The van der Waals surface area contributed by atoms with Crippen LogP contribution in [-0.2, 0) is 16.1 Å². The van der Waals surface area contributed by atoms with E-state index >= 15 is 0 Å². The molecular formula is C16H19NO4. The fourth-order valence-corrected chi connectivity index (χ4v) is 2.09. The molecule has 21 heavy (non-hydrogen) atoms. The minimum absolute atomic E-state index is 0.0154. The second-order valence-electron chi connectivity index (χ2n) is 4.67. The zero-order valence-corrected chi connectivity index (χ0v) is 12.1. The van der Waals surface area contributed by atoms with Gasteiger partial charge in [-0.25, -0.2) is 0 Å². The molecule has 112 valence electrons. The number of hydrogen-bond donors (Lipinski definition) is 1. The van der Waals surface area contributed by atoms with E-state index in [1.165, 1.54) is 0 Å². The zero-order chi connectivity index (χ0) is 15.1. The molecule has 0 aliphatic carbocycles. The van der Waals surface area contributed by atoms with Crippen molar-refractivity contribution < 1.29 is 19.4 Å². The highest BCUT2D eigenvalue weighted by Crippen LogP contribution is 2.19. The molecule has 0 radical (unpaired) electrons. The van der Waals surface area contributed by atoms with Gasteiger partial charge in [0.1, 0.15) is 12.4 Å². The molecule has 0 bridgehead atoms. The monoisotopic (exact) mass is 289 g/mol. The fourth-order valence-electron chi connectivity index (χ4n) is 2.09. The average molecular weight is 289 g/mol. The number of ether oxygens (including phenoxy) is 2. The maximum Gasteiger partial charge on any atom is 0.248 e. The summed E-state index contributed by atoms with van der Waals surface area (Å²) in [4.78, 5) is 13.6. The summed E-state index contributed by atoms with van der Waals surface area (Å²) in [6.45, 7) is 1.80. The smallest absolute Gasteiger partial charge is 0.248 e. The molecule has 1 fully saturated rings. The molecule has 1 N–H and O–H groups in total. The van der Waals surface area contributed by atoms with Gasteiger partial charge < -0.3 is 19.5 Å². The third kappa shape index (κ3) is 4.22. The predicted molar refractivity (Wildman–Crippen MR) is 77.8 cm³/mol. The standard InChI is InChI=1S/C16H19NO4/c1-20-15-6-5-13(4-2-3-8-18)14(10-15)11-17-7-9-21-12-16(17)19/h5-6,10,18H,3,7-9,11-12H2,1H3. The highest BCUT2D eigenvalue weighted by Gasteiger charge is 2.19. The first-order chi connectivity index (χ1) is 10.2. The molecule has 0 unspecified atom stereocenters. The summed E-state index contributed by atoms with van der Waals surface area (Å²) >= 11 is 0. The van der Waals surface area contributed by atoms with Crippen LogP contribution in [0.2, 0.25) is 0 Å². The number of aliphatic hydroxyl groups is 1. The van der Waals surface area contributed by atoms with E-state index in [0.717, 1.165) is 16.9 Å².